The van der Waals surface area contributed by atoms with Crippen LogP contribution in [0.2, 0.25) is 0 Å². The maximum absolute atomic E-state index is 13.7. The molecule has 3 nitrogen and oxygen atoms in total. The van der Waals surface area contributed by atoms with Gasteiger partial charge in [-0.3, -0.25) is 0 Å². The lowest BCUT2D eigenvalue weighted by molar-refractivity contribution is -0.0522. The highest BCUT2D eigenvalue weighted by atomic mass is 19.3. The smallest absolute Gasteiger partial charge is 0.387 e. The van der Waals surface area contributed by atoms with Crippen LogP contribution in [-0.4, -0.2) is 18.3 Å². The summed E-state index contributed by atoms with van der Waals surface area (Å²) in [5.74, 6) is -1.93. The molecule has 1 atom stereocenters. The number of halogens is 4. The van der Waals surface area contributed by atoms with Gasteiger partial charge >= 0.3 is 6.61 Å². The molecule has 2 rings (SSSR count). The first-order valence-electron chi connectivity index (χ1n) is 6.83. The molecule has 0 amide bonds. The summed E-state index contributed by atoms with van der Waals surface area (Å²) in [5.41, 5.74) is 0.729. The summed E-state index contributed by atoms with van der Waals surface area (Å²) in [6.07, 6.45) is 0. The molecule has 0 bridgehead atoms. The predicted molar refractivity (Wildman–Crippen MR) is 76.1 cm³/mol. The second-order valence-electron chi connectivity index (χ2n) is 4.78. The quantitative estimate of drug-likeness (QED) is 0.765. The van der Waals surface area contributed by atoms with E-state index in [0.717, 1.165) is 12.1 Å². The molecule has 2 aromatic rings. The van der Waals surface area contributed by atoms with Gasteiger partial charge in [-0.1, -0.05) is 24.3 Å². The van der Waals surface area contributed by atoms with Crippen LogP contribution in [0.4, 0.5) is 17.6 Å². The van der Waals surface area contributed by atoms with E-state index in [1.165, 1.54) is 24.3 Å². The molecule has 0 aliphatic heterocycles. The average Bonchev–Trinajstić information content (AvgIpc) is 2.51. The first-order chi connectivity index (χ1) is 11.0. The van der Waals surface area contributed by atoms with Crippen LogP contribution in [0.1, 0.15) is 17.2 Å². The molecule has 0 unspecified atom stereocenters. The normalized spacial score (nSPS) is 12.4. The largest absolute Gasteiger partial charge is 0.432 e. The molecule has 2 aromatic carbocycles. The number of alkyl halides is 2. The van der Waals surface area contributed by atoms with Crippen molar-refractivity contribution < 1.29 is 27.4 Å². The molecular weight excluding hydrogens is 314 g/mol. The van der Waals surface area contributed by atoms with E-state index in [1.54, 1.807) is 6.07 Å². The third-order valence-electron chi connectivity index (χ3n) is 3.23. The standard InChI is InChI=1S/C16H15F4NO2/c17-12-4-2-1-3-11(12)14(9-22)21-8-10-5-6-15(13(18)7-10)23-16(19)20/h1-7,14,16,21-22H,8-9H2/t14-/m0/s1. The number of benzene rings is 2. The molecule has 23 heavy (non-hydrogen) atoms. The molecule has 0 radical (unpaired) electrons. The van der Waals surface area contributed by atoms with E-state index < -0.39 is 30.0 Å². The topological polar surface area (TPSA) is 41.5 Å². The second-order valence-corrected chi connectivity index (χ2v) is 4.78. The van der Waals surface area contributed by atoms with E-state index >= 15 is 0 Å². The zero-order chi connectivity index (χ0) is 16.8. The molecule has 0 aliphatic rings. The van der Waals surface area contributed by atoms with Gasteiger partial charge in [0.25, 0.3) is 0 Å². The number of rotatable bonds is 7. The van der Waals surface area contributed by atoms with Crippen LogP contribution in [0.25, 0.3) is 0 Å². The Labute approximate surface area is 130 Å². The van der Waals surface area contributed by atoms with Gasteiger partial charge in [-0.2, -0.15) is 8.78 Å². The molecular formula is C16H15F4NO2. The van der Waals surface area contributed by atoms with E-state index in [4.69, 9.17) is 0 Å². The Morgan fingerprint density at radius 1 is 1.04 bits per heavy atom. The van der Waals surface area contributed by atoms with Crippen molar-refractivity contribution in [1.29, 1.82) is 0 Å². The van der Waals surface area contributed by atoms with Gasteiger partial charge in [-0.25, -0.2) is 8.78 Å². The maximum Gasteiger partial charge on any atom is 0.387 e. The van der Waals surface area contributed by atoms with Crippen molar-refractivity contribution in [2.45, 2.75) is 19.2 Å². The molecule has 0 heterocycles. The van der Waals surface area contributed by atoms with E-state index in [9.17, 15) is 22.7 Å². The fourth-order valence-corrected chi connectivity index (χ4v) is 2.12. The van der Waals surface area contributed by atoms with E-state index in [-0.39, 0.29) is 18.7 Å². The number of ether oxygens (including phenoxy) is 1. The summed E-state index contributed by atoms with van der Waals surface area (Å²) in [7, 11) is 0. The highest BCUT2D eigenvalue weighted by Crippen LogP contribution is 2.21. The van der Waals surface area contributed by atoms with Crippen molar-refractivity contribution in [1.82, 2.24) is 5.32 Å². The molecule has 0 aromatic heterocycles. The lowest BCUT2D eigenvalue weighted by Gasteiger charge is -2.17. The summed E-state index contributed by atoms with van der Waals surface area (Å²) in [6, 6.07) is 8.85. The molecule has 124 valence electrons. The van der Waals surface area contributed by atoms with Gasteiger partial charge < -0.3 is 15.2 Å². The molecule has 7 heteroatoms. The highest BCUT2D eigenvalue weighted by molar-refractivity contribution is 5.29. The van der Waals surface area contributed by atoms with Crippen LogP contribution in [0.5, 0.6) is 5.75 Å². The monoisotopic (exact) mass is 329 g/mol. The van der Waals surface area contributed by atoms with Crippen LogP contribution < -0.4 is 10.1 Å². The SMILES string of the molecule is OC[C@H](NCc1ccc(OC(F)F)c(F)c1)c1ccccc1F. The number of hydrogen-bond acceptors (Lipinski definition) is 3. The number of aliphatic hydroxyl groups excluding tert-OH is 1. The maximum atomic E-state index is 13.7. The van der Waals surface area contributed by atoms with Gasteiger partial charge in [0.15, 0.2) is 11.6 Å². The average molecular weight is 329 g/mol. The highest BCUT2D eigenvalue weighted by Gasteiger charge is 2.15. The fourth-order valence-electron chi connectivity index (χ4n) is 2.12. The van der Waals surface area contributed by atoms with Gasteiger partial charge in [-0.05, 0) is 23.8 Å². The van der Waals surface area contributed by atoms with Crippen molar-refractivity contribution in [3.05, 3.63) is 65.2 Å². The first-order valence-corrected chi connectivity index (χ1v) is 6.83. The third kappa shape index (κ3) is 4.67. The van der Waals surface area contributed by atoms with Gasteiger partial charge in [0, 0.05) is 12.1 Å². The van der Waals surface area contributed by atoms with Gasteiger partial charge in [0.2, 0.25) is 0 Å². The van der Waals surface area contributed by atoms with E-state index in [2.05, 4.69) is 10.1 Å². The van der Waals surface area contributed by atoms with Crippen LogP contribution in [-0.2, 0) is 6.54 Å². The molecule has 0 aliphatic carbocycles. The van der Waals surface area contributed by atoms with Crippen LogP contribution in [0.3, 0.4) is 0 Å². The molecule has 0 spiro atoms. The number of hydrogen-bond donors (Lipinski definition) is 2. The zero-order valence-corrected chi connectivity index (χ0v) is 12.0. The molecule has 0 fully saturated rings. The van der Waals surface area contributed by atoms with Crippen molar-refractivity contribution in [2.24, 2.45) is 0 Å². The number of aliphatic hydroxyl groups is 1. The van der Waals surface area contributed by atoms with E-state index in [0.29, 0.717) is 5.56 Å². The van der Waals surface area contributed by atoms with Gasteiger partial charge in [0.1, 0.15) is 5.82 Å². The summed E-state index contributed by atoms with van der Waals surface area (Å²) in [4.78, 5) is 0. The summed E-state index contributed by atoms with van der Waals surface area (Å²) in [6.45, 7) is -3.34. The second kappa shape index (κ2) is 7.94. The minimum atomic E-state index is -3.10. The van der Waals surface area contributed by atoms with Crippen LogP contribution >= 0.6 is 0 Å². The van der Waals surface area contributed by atoms with Crippen molar-refractivity contribution >= 4 is 0 Å². The van der Waals surface area contributed by atoms with Gasteiger partial charge in [0.05, 0.1) is 12.6 Å². The Hall–Kier alpha value is -2.12. The Bertz CT molecular complexity index is 652. The predicted octanol–water partition coefficient (Wildman–Crippen LogP) is 3.39. The van der Waals surface area contributed by atoms with Crippen molar-refractivity contribution in [2.75, 3.05) is 6.61 Å². The minimum Gasteiger partial charge on any atom is -0.432 e. The van der Waals surface area contributed by atoms with Crippen LogP contribution in [0, 0.1) is 11.6 Å². The molecule has 0 saturated carbocycles. The summed E-state index contributed by atoms with van der Waals surface area (Å²) < 4.78 is 55.4. The molecule has 2 N–H and O–H groups in total. The van der Waals surface area contributed by atoms with Crippen LogP contribution in [0.15, 0.2) is 42.5 Å². The molecule has 0 saturated heterocycles. The summed E-state index contributed by atoms with van der Waals surface area (Å²) in [5, 5.41) is 12.3. The Kier molecular flexibility index (Phi) is 5.95. The Morgan fingerprint density at radius 2 is 1.78 bits per heavy atom. The lowest BCUT2D eigenvalue weighted by atomic mass is 10.1. The zero-order valence-electron chi connectivity index (χ0n) is 12.0. The third-order valence-corrected chi connectivity index (χ3v) is 3.23. The Morgan fingerprint density at radius 3 is 2.39 bits per heavy atom. The Balaban J connectivity index is 2.04. The fraction of sp³-hybridized carbons (Fsp3) is 0.250. The van der Waals surface area contributed by atoms with Crippen molar-refractivity contribution in [3.8, 4) is 5.75 Å². The first kappa shape index (κ1) is 17.2. The van der Waals surface area contributed by atoms with E-state index in [1.807, 2.05) is 0 Å². The lowest BCUT2D eigenvalue weighted by Crippen LogP contribution is -2.25. The number of nitrogens with one attached hydrogen (secondary N) is 1. The van der Waals surface area contributed by atoms with Gasteiger partial charge in [-0.15, -0.1) is 0 Å². The minimum absolute atomic E-state index is 0.117. The van der Waals surface area contributed by atoms with Crippen molar-refractivity contribution in [3.63, 3.8) is 0 Å². The summed E-state index contributed by atoms with van der Waals surface area (Å²) >= 11 is 0.